The molecule has 0 aliphatic heterocycles. The van der Waals surface area contributed by atoms with Gasteiger partial charge in [0.25, 0.3) is 0 Å². The van der Waals surface area contributed by atoms with Gasteiger partial charge in [0, 0.05) is 20.3 Å². The van der Waals surface area contributed by atoms with Crippen LogP contribution in [0.1, 0.15) is 27.2 Å². The van der Waals surface area contributed by atoms with E-state index in [1.165, 1.54) is 6.92 Å². The molecule has 0 bridgehead atoms. The summed E-state index contributed by atoms with van der Waals surface area (Å²) < 4.78 is 4.97. The Morgan fingerprint density at radius 3 is 2.37 bits per heavy atom. The van der Waals surface area contributed by atoms with Crippen molar-refractivity contribution in [2.75, 3.05) is 20.3 Å². The summed E-state index contributed by atoms with van der Waals surface area (Å²) in [5, 5.41) is 22.9. The molecule has 0 heterocycles. The van der Waals surface area contributed by atoms with Gasteiger partial charge in [-0.25, -0.2) is 9.59 Å². The molecule has 112 valence electrons. The molecule has 0 aliphatic rings. The number of hydrogen-bond acceptors (Lipinski definition) is 4. The predicted octanol–water partition coefficient (Wildman–Crippen LogP) is 0.182. The zero-order valence-corrected chi connectivity index (χ0v) is 11.9. The molecule has 0 aromatic heterocycles. The highest BCUT2D eigenvalue weighted by molar-refractivity contribution is 5.82. The van der Waals surface area contributed by atoms with Crippen LogP contribution in [0.5, 0.6) is 0 Å². The molecule has 0 saturated heterocycles. The number of nitrogens with one attached hydrogen (secondary N) is 2. The number of rotatable bonds is 8. The average molecular weight is 276 g/mol. The van der Waals surface area contributed by atoms with Crippen molar-refractivity contribution < 1.29 is 24.5 Å². The van der Waals surface area contributed by atoms with Gasteiger partial charge in [-0.3, -0.25) is 0 Å². The SMILES string of the molecule is COCCC(C)(C)CNC(=O)N[C@H](C(=O)O)[C@@H](C)O. The van der Waals surface area contributed by atoms with E-state index in [9.17, 15) is 14.7 Å². The summed E-state index contributed by atoms with van der Waals surface area (Å²) in [6.07, 6.45) is -0.396. The Balaban J connectivity index is 4.20. The number of carboxylic acid groups (broad SMARTS) is 1. The second kappa shape index (κ2) is 7.96. The number of ether oxygens (including phenoxy) is 1. The van der Waals surface area contributed by atoms with Gasteiger partial charge in [-0.05, 0) is 18.8 Å². The van der Waals surface area contributed by atoms with Gasteiger partial charge in [-0.1, -0.05) is 13.8 Å². The van der Waals surface area contributed by atoms with E-state index in [2.05, 4.69) is 10.6 Å². The Morgan fingerprint density at radius 2 is 1.95 bits per heavy atom. The number of carbonyl (C=O) groups excluding carboxylic acids is 1. The topological polar surface area (TPSA) is 108 Å². The molecule has 2 atom stereocenters. The number of aliphatic carboxylic acids is 1. The fourth-order valence-electron chi connectivity index (χ4n) is 1.37. The van der Waals surface area contributed by atoms with Crippen LogP contribution in [0.2, 0.25) is 0 Å². The first kappa shape index (κ1) is 17.7. The van der Waals surface area contributed by atoms with Crippen molar-refractivity contribution in [3.05, 3.63) is 0 Å². The third-order valence-electron chi connectivity index (χ3n) is 2.75. The van der Waals surface area contributed by atoms with E-state index < -0.39 is 24.1 Å². The first-order valence-electron chi connectivity index (χ1n) is 6.14. The van der Waals surface area contributed by atoms with Crippen molar-refractivity contribution in [1.82, 2.24) is 10.6 Å². The number of carboxylic acids is 1. The summed E-state index contributed by atoms with van der Waals surface area (Å²) in [6, 6.07) is -1.93. The number of carbonyl (C=O) groups is 2. The third-order valence-corrected chi connectivity index (χ3v) is 2.75. The number of methoxy groups -OCH3 is 1. The summed E-state index contributed by atoms with van der Waals surface area (Å²) in [6.45, 7) is 6.21. The summed E-state index contributed by atoms with van der Waals surface area (Å²) >= 11 is 0. The molecule has 2 amide bonds. The molecule has 0 aliphatic carbocycles. The summed E-state index contributed by atoms with van der Waals surface area (Å²) in [5.74, 6) is -1.27. The van der Waals surface area contributed by atoms with Crippen LogP contribution in [0.25, 0.3) is 0 Å². The van der Waals surface area contributed by atoms with Crippen LogP contribution in [0.3, 0.4) is 0 Å². The average Bonchev–Trinajstić information content (AvgIpc) is 2.30. The molecule has 7 heteroatoms. The van der Waals surface area contributed by atoms with Crippen LogP contribution in [0, 0.1) is 5.41 Å². The van der Waals surface area contributed by atoms with E-state index in [1.807, 2.05) is 13.8 Å². The minimum atomic E-state index is -1.32. The van der Waals surface area contributed by atoms with Crippen molar-refractivity contribution in [3.8, 4) is 0 Å². The van der Waals surface area contributed by atoms with Crippen molar-refractivity contribution in [2.45, 2.75) is 39.3 Å². The Labute approximate surface area is 113 Å². The molecule has 4 N–H and O–H groups in total. The maximum atomic E-state index is 11.6. The molecule has 0 saturated carbocycles. The van der Waals surface area contributed by atoms with Crippen molar-refractivity contribution in [2.24, 2.45) is 5.41 Å². The van der Waals surface area contributed by atoms with Crippen molar-refractivity contribution in [3.63, 3.8) is 0 Å². The van der Waals surface area contributed by atoms with E-state index in [-0.39, 0.29) is 5.41 Å². The number of urea groups is 1. The van der Waals surface area contributed by atoms with Crippen molar-refractivity contribution >= 4 is 12.0 Å². The van der Waals surface area contributed by atoms with Gasteiger partial charge < -0.3 is 25.6 Å². The Bertz CT molecular complexity index is 304. The molecule has 0 fully saturated rings. The molecule has 0 unspecified atom stereocenters. The number of hydrogen-bond donors (Lipinski definition) is 4. The molecular weight excluding hydrogens is 252 g/mol. The van der Waals surface area contributed by atoms with Crippen LogP contribution in [0.4, 0.5) is 4.79 Å². The molecule has 0 radical (unpaired) electrons. The lowest BCUT2D eigenvalue weighted by Gasteiger charge is -2.25. The molecule has 0 rings (SSSR count). The van der Waals surface area contributed by atoms with Gasteiger partial charge in [0.2, 0.25) is 0 Å². The lowest BCUT2D eigenvalue weighted by atomic mass is 9.90. The minimum absolute atomic E-state index is 0.156. The van der Waals surface area contributed by atoms with E-state index in [1.54, 1.807) is 7.11 Å². The first-order chi connectivity index (χ1) is 8.69. The largest absolute Gasteiger partial charge is 0.480 e. The monoisotopic (exact) mass is 276 g/mol. The summed E-state index contributed by atoms with van der Waals surface area (Å²) in [4.78, 5) is 22.4. The standard InChI is InChI=1S/C12H24N2O5/c1-8(15)9(10(16)17)14-11(18)13-7-12(2,3)5-6-19-4/h8-9,15H,5-7H2,1-4H3,(H,16,17)(H2,13,14,18)/t8-,9+/m1/s1. The van der Waals surface area contributed by atoms with Crippen molar-refractivity contribution in [1.29, 1.82) is 0 Å². The van der Waals surface area contributed by atoms with Gasteiger partial charge >= 0.3 is 12.0 Å². The fourth-order valence-corrected chi connectivity index (χ4v) is 1.37. The van der Waals surface area contributed by atoms with Gasteiger partial charge in [0.15, 0.2) is 6.04 Å². The second-order valence-corrected chi connectivity index (χ2v) is 5.29. The van der Waals surface area contributed by atoms with Crippen LogP contribution >= 0.6 is 0 Å². The smallest absolute Gasteiger partial charge is 0.328 e. The molecule has 7 nitrogen and oxygen atoms in total. The Morgan fingerprint density at radius 1 is 1.37 bits per heavy atom. The second-order valence-electron chi connectivity index (χ2n) is 5.29. The van der Waals surface area contributed by atoms with Gasteiger partial charge in [0.1, 0.15) is 0 Å². The highest BCUT2D eigenvalue weighted by Crippen LogP contribution is 2.18. The van der Waals surface area contributed by atoms with Gasteiger partial charge in [-0.15, -0.1) is 0 Å². The van der Waals surface area contributed by atoms with E-state index >= 15 is 0 Å². The molecular formula is C12H24N2O5. The molecule has 0 aromatic rings. The number of aliphatic hydroxyl groups excluding tert-OH is 1. The molecule has 19 heavy (non-hydrogen) atoms. The summed E-state index contributed by atoms with van der Waals surface area (Å²) in [5.41, 5.74) is -0.156. The lowest BCUT2D eigenvalue weighted by Crippen LogP contribution is -2.52. The minimum Gasteiger partial charge on any atom is -0.480 e. The zero-order chi connectivity index (χ0) is 15.1. The maximum Gasteiger partial charge on any atom is 0.328 e. The number of amides is 2. The van der Waals surface area contributed by atoms with Crippen LogP contribution in [-0.4, -0.2) is 54.6 Å². The predicted molar refractivity (Wildman–Crippen MR) is 69.9 cm³/mol. The normalized spacial score (nSPS) is 14.6. The lowest BCUT2D eigenvalue weighted by molar-refractivity contribution is -0.141. The quantitative estimate of drug-likeness (QED) is 0.506. The maximum absolute atomic E-state index is 11.6. The molecule has 0 spiro atoms. The van der Waals surface area contributed by atoms with Gasteiger partial charge in [0.05, 0.1) is 6.10 Å². The molecule has 0 aromatic carbocycles. The van der Waals surface area contributed by atoms with E-state index in [0.29, 0.717) is 13.2 Å². The van der Waals surface area contributed by atoms with Crippen LogP contribution in [0.15, 0.2) is 0 Å². The van der Waals surface area contributed by atoms with Gasteiger partial charge in [-0.2, -0.15) is 0 Å². The summed E-state index contributed by atoms with van der Waals surface area (Å²) in [7, 11) is 1.61. The fraction of sp³-hybridized carbons (Fsp3) is 0.833. The highest BCUT2D eigenvalue weighted by Gasteiger charge is 2.26. The first-order valence-corrected chi connectivity index (χ1v) is 6.14. The third kappa shape index (κ3) is 7.63. The Hall–Kier alpha value is -1.34. The number of aliphatic hydroxyl groups is 1. The highest BCUT2D eigenvalue weighted by atomic mass is 16.5. The van der Waals surface area contributed by atoms with E-state index in [0.717, 1.165) is 6.42 Å². The zero-order valence-electron chi connectivity index (χ0n) is 11.9. The Kier molecular flexibility index (Phi) is 7.40. The van der Waals surface area contributed by atoms with E-state index in [4.69, 9.17) is 9.84 Å². The van der Waals surface area contributed by atoms with Crippen LogP contribution in [-0.2, 0) is 9.53 Å². The van der Waals surface area contributed by atoms with Crippen LogP contribution < -0.4 is 10.6 Å².